The van der Waals surface area contributed by atoms with Crippen molar-refractivity contribution in [1.29, 1.82) is 0 Å². The molecule has 0 aliphatic heterocycles. The summed E-state index contributed by atoms with van der Waals surface area (Å²) in [5, 5.41) is 0. The smallest absolute Gasteiger partial charge is 0.168 e. The highest BCUT2D eigenvalue weighted by Gasteiger charge is 2.06. The number of nitrogens with zero attached hydrogens (tertiary/aromatic N) is 2. The third-order valence-electron chi connectivity index (χ3n) is 5.29. The van der Waals surface area contributed by atoms with Crippen molar-refractivity contribution in [2.45, 2.75) is 84.1 Å². The molecule has 150 valence electrons. The maximum atomic E-state index is 4.18. The summed E-state index contributed by atoms with van der Waals surface area (Å²) in [5.41, 5.74) is 1.38. The monoisotopic (exact) mass is 432 g/mol. The van der Waals surface area contributed by atoms with Crippen LogP contribution in [-0.2, 0) is 13.0 Å². The second-order valence-electron chi connectivity index (χ2n) is 7.74. The number of halogens is 1. The number of hydrogen-bond donors (Lipinski definition) is 0. The van der Waals surface area contributed by atoms with Crippen molar-refractivity contribution in [2.75, 3.05) is 0 Å². The first-order valence-electron chi connectivity index (χ1n) is 10.7. The Morgan fingerprint density at radius 3 is 2.15 bits per heavy atom. The topological polar surface area (TPSA) is 16.8 Å². The highest BCUT2D eigenvalue weighted by Crippen LogP contribution is 2.15. The molecule has 0 radical (unpaired) electrons. The fourth-order valence-electron chi connectivity index (χ4n) is 3.53. The minimum atomic E-state index is 0. The van der Waals surface area contributed by atoms with Gasteiger partial charge in [0.1, 0.15) is 6.54 Å². The minimum Gasteiger partial charge on any atom is -1.00 e. The quantitative estimate of drug-likeness (QED) is 0.330. The fourth-order valence-corrected chi connectivity index (χ4v) is 3.53. The van der Waals surface area contributed by atoms with E-state index in [1.165, 1.54) is 76.2 Å². The van der Waals surface area contributed by atoms with Crippen LogP contribution in [0.3, 0.4) is 0 Å². The van der Waals surface area contributed by atoms with Crippen LogP contribution in [0.15, 0.2) is 55.1 Å². The van der Waals surface area contributed by atoms with Crippen LogP contribution >= 0.6 is 0 Å². The molecule has 0 fully saturated rings. The molecular weight excluding hydrogens is 396 g/mol. The van der Waals surface area contributed by atoms with Crippen molar-refractivity contribution < 1.29 is 21.5 Å². The van der Waals surface area contributed by atoms with Crippen LogP contribution < -0.4 is 21.5 Å². The molecule has 3 heteroatoms. The van der Waals surface area contributed by atoms with E-state index < -0.39 is 0 Å². The van der Waals surface area contributed by atoms with Gasteiger partial charge in [-0.1, -0.05) is 70.4 Å². The van der Waals surface area contributed by atoms with Crippen LogP contribution in [-0.4, -0.2) is 4.98 Å². The lowest BCUT2D eigenvalue weighted by molar-refractivity contribution is -0.698. The van der Waals surface area contributed by atoms with Crippen molar-refractivity contribution in [2.24, 2.45) is 5.92 Å². The summed E-state index contributed by atoms with van der Waals surface area (Å²) >= 11 is 0. The maximum absolute atomic E-state index is 4.18. The molecule has 0 aliphatic carbocycles. The third-order valence-corrected chi connectivity index (χ3v) is 5.29. The average molecular weight is 433 g/mol. The number of aromatic nitrogens is 2. The Bertz CT molecular complexity index is 559. The van der Waals surface area contributed by atoms with Crippen LogP contribution in [0.2, 0.25) is 0 Å². The Kier molecular flexibility index (Phi) is 13.9. The highest BCUT2D eigenvalue weighted by atomic mass is 79.9. The molecule has 0 bridgehead atoms. The summed E-state index contributed by atoms with van der Waals surface area (Å²) < 4.78 is 2.30. The zero-order valence-corrected chi connectivity index (χ0v) is 18.6. The molecule has 1 atom stereocenters. The highest BCUT2D eigenvalue weighted by molar-refractivity contribution is 5.08. The molecule has 0 N–H and O–H groups in total. The van der Waals surface area contributed by atoms with Crippen LogP contribution in [0, 0.1) is 5.92 Å². The van der Waals surface area contributed by atoms with Crippen molar-refractivity contribution in [3.63, 3.8) is 0 Å². The first-order chi connectivity index (χ1) is 12.8. The van der Waals surface area contributed by atoms with Gasteiger partial charge < -0.3 is 17.0 Å². The minimum absolute atomic E-state index is 0. The summed E-state index contributed by atoms with van der Waals surface area (Å²) in [5.74, 6) is 0.843. The second-order valence-corrected chi connectivity index (χ2v) is 7.74. The predicted molar refractivity (Wildman–Crippen MR) is 110 cm³/mol. The Morgan fingerprint density at radius 1 is 0.815 bits per heavy atom. The normalized spacial score (nSPS) is 11.7. The Labute approximate surface area is 177 Å². The summed E-state index contributed by atoms with van der Waals surface area (Å²) in [6.45, 7) is 3.56. The summed E-state index contributed by atoms with van der Waals surface area (Å²) in [7, 11) is 0. The van der Waals surface area contributed by atoms with Gasteiger partial charge in [0.05, 0.1) is 0 Å². The van der Waals surface area contributed by atoms with Gasteiger partial charge in [0, 0.05) is 30.9 Å². The third kappa shape index (κ3) is 12.0. The number of rotatable bonds is 14. The van der Waals surface area contributed by atoms with E-state index in [-0.39, 0.29) is 17.0 Å². The van der Waals surface area contributed by atoms with Gasteiger partial charge in [0.2, 0.25) is 0 Å². The first kappa shape index (κ1) is 23.8. The molecule has 2 rings (SSSR count). The molecule has 2 aromatic heterocycles. The summed E-state index contributed by atoms with van der Waals surface area (Å²) in [4.78, 5) is 4.18. The molecule has 27 heavy (non-hydrogen) atoms. The van der Waals surface area contributed by atoms with Crippen LogP contribution in [0.25, 0.3) is 0 Å². The van der Waals surface area contributed by atoms with Gasteiger partial charge in [-0.2, -0.15) is 0 Å². The molecule has 0 spiro atoms. The van der Waals surface area contributed by atoms with Crippen molar-refractivity contribution in [3.8, 4) is 0 Å². The lowest BCUT2D eigenvalue weighted by Gasteiger charge is -2.09. The van der Waals surface area contributed by atoms with E-state index in [4.69, 9.17) is 0 Å². The van der Waals surface area contributed by atoms with Crippen molar-refractivity contribution in [1.82, 2.24) is 4.98 Å². The summed E-state index contributed by atoms with van der Waals surface area (Å²) in [6, 6.07) is 10.5. The molecule has 1 unspecified atom stereocenters. The maximum Gasteiger partial charge on any atom is 0.168 e. The van der Waals surface area contributed by atoms with E-state index in [2.05, 4.69) is 53.1 Å². The average Bonchev–Trinajstić information content (AvgIpc) is 2.69. The SMILES string of the molecule is CC(CCCCCCCCCCc1cccnc1)CC[n+]1ccccc1.[Br-]. The number of aryl methyl sites for hydroxylation is 2. The molecule has 0 aliphatic rings. The van der Waals surface area contributed by atoms with Crippen molar-refractivity contribution in [3.05, 3.63) is 60.7 Å². The molecule has 0 amide bonds. The number of hydrogen-bond acceptors (Lipinski definition) is 1. The molecule has 2 aromatic rings. The van der Waals surface area contributed by atoms with Gasteiger partial charge in [-0.25, -0.2) is 4.57 Å². The van der Waals surface area contributed by atoms with E-state index in [0.29, 0.717) is 0 Å². The molecule has 2 heterocycles. The Hall–Kier alpha value is -1.22. The van der Waals surface area contributed by atoms with Crippen molar-refractivity contribution >= 4 is 0 Å². The number of unbranched alkanes of at least 4 members (excludes halogenated alkanes) is 7. The van der Waals surface area contributed by atoms with E-state index in [1.807, 2.05) is 18.5 Å². The van der Waals surface area contributed by atoms with Gasteiger partial charge in [0.25, 0.3) is 0 Å². The number of pyridine rings is 2. The Morgan fingerprint density at radius 2 is 1.48 bits per heavy atom. The molecule has 0 saturated carbocycles. The summed E-state index contributed by atoms with van der Waals surface area (Å²) in [6.07, 6.45) is 23.2. The standard InChI is InChI=1S/C24H37N2.BrH/c1-23(17-21-26-19-11-8-12-20-26)14-9-6-4-2-3-5-7-10-15-24-16-13-18-25-22-24;/h8,11-13,16,18-20,22-23H,2-7,9-10,14-15,17,21H2,1H3;1H/q+1;/p-1. The van der Waals surface area contributed by atoms with Gasteiger partial charge in [-0.15, -0.1) is 0 Å². The largest absolute Gasteiger partial charge is 1.00 e. The van der Waals surface area contributed by atoms with Gasteiger partial charge in [0.15, 0.2) is 12.4 Å². The first-order valence-corrected chi connectivity index (χ1v) is 10.7. The van der Waals surface area contributed by atoms with Gasteiger partial charge in [-0.05, 0) is 30.4 Å². The van der Waals surface area contributed by atoms with Crippen LogP contribution in [0.4, 0.5) is 0 Å². The zero-order chi connectivity index (χ0) is 18.3. The van der Waals surface area contributed by atoms with E-state index in [0.717, 1.165) is 12.5 Å². The molecular formula is C24H37BrN2. The van der Waals surface area contributed by atoms with E-state index >= 15 is 0 Å². The van der Waals surface area contributed by atoms with Gasteiger partial charge in [-0.3, -0.25) is 4.98 Å². The Balaban J connectivity index is 0.00000364. The fraction of sp³-hybridized carbons (Fsp3) is 0.583. The molecule has 0 aromatic carbocycles. The zero-order valence-electron chi connectivity index (χ0n) is 17.0. The lowest BCUT2D eigenvalue weighted by Crippen LogP contribution is -3.00. The van der Waals surface area contributed by atoms with Gasteiger partial charge >= 0.3 is 0 Å². The second kappa shape index (κ2) is 15.8. The molecule has 2 nitrogen and oxygen atoms in total. The van der Waals surface area contributed by atoms with E-state index in [9.17, 15) is 0 Å². The molecule has 0 saturated heterocycles. The van der Waals surface area contributed by atoms with Crippen LogP contribution in [0.5, 0.6) is 0 Å². The van der Waals surface area contributed by atoms with E-state index in [1.54, 1.807) is 0 Å². The lowest BCUT2D eigenvalue weighted by atomic mass is 9.98. The predicted octanol–water partition coefficient (Wildman–Crippen LogP) is 3.15. The van der Waals surface area contributed by atoms with Crippen LogP contribution in [0.1, 0.15) is 76.7 Å².